The number of rotatable bonds is 4. The topological polar surface area (TPSA) is 127 Å². The van der Waals surface area contributed by atoms with E-state index in [-0.39, 0.29) is 6.54 Å². The number of hydrogen-bond acceptors (Lipinski definition) is 5. The number of diazo groups is 1. The number of ether oxygens (including phenoxy) is 1. The highest BCUT2D eigenvalue weighted by Crippen LogP contribution is 2.33. The quantitative estimate of drug-likeness (QED) is 0.229. The van der Waals surface area contributed by atoms with Crippen molar-refractivity contribution in [3.8, 4) is 0 Å². The van der Waals surface area contributed by atoms with Gasteiger partial charge in [-0.3, -0.25) is 9.69 Å². The molecule has 22 heavy (non-hydrogen) atoms. The van der Waals surface area contributed by atoms with Crippen LogP contribution >= 0.6 is 0 Å². The maximum absolute atomic E-state index is 12.6. The summed E-state index contributed by atoms with van der Waals surface area (Å²) in [5, 5.41) is 22.0. The van der Waals surface area contributed by atoms with E-state index < -0.39 is 23.6 Å². The number of hydrogen-bond donors (Lipinski definition) is 1. The highest BCUT2D eigenvalue weighted by Gasteiger charge is 2.42. The van der Waals surface area contributed by atoms with E-state index in [0.29, 0.717) is 12.1 Å². The van der Waals surface area contributed by atoms with Crippen LogP contribution in [0.25, 0.3) is 15.4 Å². The van der Waals surface area contributed by atoms with Crippen molar-refractivity contribution in [3.05, 3.63) is 56.9 Å². The summed E-state index contributed by atoms with van der Waals surface area (Å²) in [7, 11) is 1.14. The van der Waals surface area contributed by atoms with Crippen molar-refractivity contribution >= 4 is 11.6 Å². The third kappa shape index (κ3) is 2.63. The molecule has 1 aliphatic heterocycles. The minimum atomic E-state index is -0.792. The number of amides is 1. The average molecular weight is 301 g/mol. The Morgan fingerprint density at radius 2 is 2.32 bits per heavy atom. The number of fused-ring (bicyclic) bond motifs is 1. The zero-order valence-corrected chi connectivity index (χ0v) is 11.7. The predicted octanol–water partition coefficient (Wildman–Crippen LogP) is 2.48. The van der Waals surface area contributed by atoms with Crippen molar-refractivity contribution in [1.82, 2.24) is 0 Å². The van der Waals surface area contributed by atoms with Gasteiger partial charge in [-0.15, -0.1) is 0 Å². The highest BCUT2D eigenvalue weighted by atomic mass is 16.6. The molecule has 1 aromatic rings. The summed E-state index contributed by atoms with van der Waals surface area (Å²) in [6.07, 6.45) is 0.493. The molecule has 0 aliphatic carbocycles. The first kappa shape index (κ1) is 15.2. The van der Waals surface area contributed by atoms with Crippen molar-refractivity contribution in [2.24, 2.45) is 5.11 Å². The van der Waals surface area contributed by atoms with Crippen molar-refractivity contribution in [1.29, 1.82) is 5.39 Å². The summed E-state index contributed by atoms with van der Waals surface area (Å²) in [4.78, 5) is 19.4. The van der Waals surface area contributed by atoms with Crippen molar-refractivity contribution in [2.75, 3.05) is 18.6 Å². The van der Waals surface area contributed by atoms with Gasteiger partial charge >= 0.3 is 17.5 Å². The van der Waals surface area contributed by atoms with E-state index in [1.54, 1.807) is 12.1 Å². The summed E-state index contributed by atoms with van der Waals surface area (Å²) in [5.41, 5.74) is 9.36. The van der Waals surface area contributed by atoms with Gasteiger partial charge in [-0.2, -0.15) is 0 Å². The first-order chi connectivity index (χ1) is 10.6. The average Bonchev–Trinajstić information content (AvgIpc) is 2.91. The van der Waals surface area contributed by atoms with Crippen LogP contribution in [-0.2, 0) is 16.0 Å². The van der Waals surface area contributed by atoms with Crippen molar-refractivity contribution in [3.63, 3.8) is 0 Å². The number of carbonyl (C=O) groups is 1. The first-order valence-electron chi connectivity index (χ1n) is 6.38. The van der Waals surface area contributed by atoms with Gasteiger partial charge in [0.25, 0.3) is 0 Å². The van der Waals surface area contributed by atoms with Crippen LogP contribution in [0.15, 0.2) is 41.0 Å². The second-order valence-electron chi connectivity index (χ2n) is 4.53. The minimum Gasteiger partial charge on any atom is -0.475 e. The molecular weight excluding hydrogens is 288 g/mol. The molecule has 0 saturated heterocycles. The standard InChI is InChI=1S/C13H12N6O3/c1-22-13(21)11(17-14)12(20)19-9(7-16-18-15)6-8-4-2-3-5-10(8)19/h2-5,9H,6-7H2,1H3/p+1. The summed E-state index contributed by atoms with van der Waals surface area (Å²) >= 11 is 0. The van der Waals surface area contributed by atoms with E-state index in [1.807, 2.05) is 12.1 Å². The molecule has 1 atom stereocenters. The molecular formula is C13H13N6O3+. The van der Waals surface area contributed by atoms with Gasteiger partial charge in [0, 0.05) is 23.2 Å². The van der Waals surface area contributed by atoms with Crippen molar-refractivity contribution in [2.45, 2.75) is 12.5 Å². The van der Waals surface area contributed by atoms with E-state index in [4.69, 9.17) is 10.9 Å². The number of aliphatic hydroxyl groups excluding tert-OH is 1. The molecule has 0 fully saturated rings. The molecule has 0 bridgehead atoms. The fourth-order valence-electron chi connectivity index (χ4n) is 2.40. The van der Waals surface area contributed by atoms with Gasteiger partial charge in [-0.05, 0) is 23.6 Å². The summed E-state index contributed by atoms with van der Waals surface area (Å²) in [6, 6.07) is 6.73. The maximum atomic E-state index is 12.6. The lowest BCUT2D eigenvalue weighted by Crippen LogP contribution is -2.40. The largest absolute Gasteiger partial charge is 0.527 e. The zero-order valence-electron chi connectivity index (χ0n) is 11.7. The van der Waals surface area contributed by atoms with Gasteiger partial charge in [-0.1, -0.05) is 23.3 Å². The Balaban J connectivity index is 2.46. The molecule has 1 heterocycles. The van der Waals surface area contributed by atoms with E-state index in [0.717, 1.165) is 12.7 Å². The van der Waals surface area contributed by atoms with Crippen LogP contribution in [0, 0.1) is 5.39 Å². The zero-order chi connectivity index (χ0) is 16.1. The fraction of sp³-hybridized carbons (Fsp3) is 0.308. The van der Waals surface area contributed by atoms with Crippen LogP contribution in [0.3, 0.4) is 0 Å². The van der Waals surface area contributed by atoms with Crippen LogP contribution in [-0.4, -0.2) is 30.7 Å². The Morgan fingerprint density at radius 1 is 1.59 bits per heavy atom. The molecule has 9 nitrogen and oxygen atoms in total. The fourth-order valence-corrected chi connectivity index (χ4v) is 2.40. The lowest BCUT2D eigenvalue weighted by molar-refractivity contribution is -0.115. The third-order valence-electron chi connectivity index (χ3n) is 3.34. The summed E-state index contributed by atoms with van der Waals surface area (Å²) < 4.78 is 4.54. The lowest BCUT2D eigenvalue weighted by atomic mass is 10.1. The maximum Gasteiger partial charge on any atom is 0.527 e. The van der Waals surface area contributed by atoms with Gasteiger partial charge in [-0.25, -0.2) is 0 Å². The van der Waals surface area contributed by atoms with Crippen LogP contribution in [0.1, 0.15) is 5.56 Å². The van der Waals surface area contributed by atoms with Gasteiger partial charge in [0.15, 0.2) is 4.98 Å². The summed E-state index contributed by atoms with van der Waals surface area (Å²) in [5.74, 6) is -1.54. The molecule has 1 unspecified atom stereocenters. The van der Waals surface area contributed by atoms with Crippen LogP contribution < -0.4 is 4.90 Å². The highest BCUT2D eigenvalue weighted by molar-refractivity contribution is 6.08. The van der Waals surface area contributed by atoms with Crippen LogP contribution in [0.4, 0.5) is 5.69 Å². The number of aliphatic hydroxyl groups is 1. The number of para-hydroxylation sites is 1. The lowest BCUT2D eigenvalue weighted by Gasteiger charge is -2.21. The Morgan fingerprint density at radius 3 is 2.95 bits per heavy atom. The molecule has 2 rings (SSSR count). The molecule has 9 heteroatoms. The molecule has 1 N–H and O–H groups in total. The monoisotopic (exact) mass is 301 g/mol. The van der Waals surface area contributed by atoms with E-state index in [2.05, 4.69) is 19.7 Å². The Labute approximate surface area is 125 Å². The second kappa shape index (κ2) is 6.47. The SMILES string of the molecule is CO/C(O)=C(\[N+]#N)C(=O)N1c2ccccc2CC1CN=[N+]=[N-]. The van der Waals surface area contributed by atoms with E-state index in [1.165, 1.54) is 4.90 Å². The Hall–Kier alpha value is -3.24. The molecule has 0 radical (unpaired) electrons. The number of benzene rings is 1. The number of nitrogens with zero attached hydrogens (tertiary/aromatic N) is 6. The third-order valence-corrected chi connectivity index (χ3v) is 3.34. The van der Waals surface area contributed by atoms with Gasteiger partial charge in [0.1, 0.15) is 0 Å². The number of methoxy groups -OCH3 is 1. The van der Waals surface area contributed by atoms with Gasteiger partial charge in [0.05, 0.1) is 7.11 Å². The van der Waals surface area contributed by atoms with Crippen molar-refractivity contribution < 1.29 is 14.6 Å². The molecule has 1 amide bonds. The molecule has 0 spiro atoms. The smallest absolute Gasteiger partial charge is 0.475 e. The molecule has 112 valence electrons. The minimum absolute atomic E-state index is 0.0589. The number of carbonyl (C=O) groups excluding carboxylic acids is 1. The van der Waals surface area contributed by atoms with Crippen LogP contribution in [0.5, 0.6) is 0 Å². The second-order valence-corrected chi connectivity index (χ2v) is 4.53. The normalized spacial score (nSPS) is 16.9. The van der Waals surface area contributed by atoms with Gasteiger partial charge < -0.3 is 9.84 Å². The van der Waals surface area contributed by atoms with E-state index in [9.17, 15) is 9.90 Å². The first-order valence-corrected chi connectivity index (χ1v) is 6.38. The van der Waals surface area contributed by atoms with Crippen LogP contribution in [0.2, 0.25) is 0 Å². The predicted molar refractivity (Wildman–Crippen MR) is 77.2 cm³/mol. The molecule has 0 aromatic heterocycles. The van der Waals surface area contributed by atoms with E-state index >= 15 is 0 Å². The number of azide groups is 1. The Bertz CT molecular complexity index is 717. The molecule has 1 aliphatic rings. The van der Waals surface area contributed by atoms with Gasteiger partial charge in [0.2, 0.25) is 5.39 Å². The molecule has 0 saturated carbocycles. The Kier molecular flexibility index (Phi) is 4.46. The number of anilines is 1. The summed E-state index contributed by atoms with van der Waals surface area (Å²) in [6.45, 7) is 0.0589. The molecule has 1 aromatic carbocycles.